The van der Waals surface area contributed by atoms with Crippen LogP contribution < -0.4 is 11.5 Å². The van der Waals surface area contributed by atoms with Crippen LogP contribution in [0.3, 0.4) is 0 Å². The van der Waals surface area contributed by atoms with Crippen LogP contribution in [0.1, 0.15) is 26.7 Å². The van der Waals surface area contributed by atoms with Crippen LogP contribution in [-0.2, 0) is 9.59 Å². The number of amides is 2. The molecule has 3 rings (SSSR count). The molecule has 1 unspecified atom stereocenters. The SMILES string of the molecule is CCC1(C)CC(=O)NC1=O.N.c1cc2cc-2c1. The average Bonchev–Trinajstić information content (AvgIpc) is 2.75. The van der Waals surface area contributed by atoms with E-state index in [-0.39, 0.29) is 18.0 Å². The van der Waals surface area contributed by atoms with Gasteiger partial charge in [0, 0.05) is 6.42 Å². The summed E-state index contributed by atoms with van der Waals surface area (Å²) in [5.74, 6) is -0.269. The van der Waals surface area contributed by atoms with Gasteiger partial charge in [0.05, 0.1) is 5.41 Å². The van der Waals surface area contributed by atoms with Crippen molar-refractivity contribution >= 4 is 11.8 Å². The predicted molar refractivity (Wildman–Crippen MR) is 66.6 cm³/mol. The first-order chi connectivity index (χ1) is 7.55. The first-order valence-corrected chi connectivity index (χ1v) is 5.50. The Bertz CT molecular complexity index is 439. The minimum Gasteiger partial charge on any atom is -0.344 e. The molecule has 1 aliphatic heterocycles. The maximum atomic E-state index is 11.0. The summed E-state index contributed by atoms with van der Waals surface area (Å²) in [5.41, 5.74) is 2.42. The number of rotatable bonds is 1. The summed E-state index contributed by atoms with van der Waals surface area (Å²) in [6.07, 6.45) is 1.08. The van der Waals surface area contributed by atoms with Gasteiger partial charge in [-0.15, -0.1) is 0 Å². The van der Waals surface area contributed by atoms with E-state index in [1.807, 2.05) is 13.8 Å². The largest absolute Gasteiger partial charge is 0.344 e. The molecule has 4 N–H and O–H groups in total. The Balaban J connectivity index is 0.000000176. The molecular weight excluding hydrogens is 216 g/mol. The van der Waals surface area contributed by atoms with E-state index in [9.17, 15) is 9.59 Å². The molecule has 0 bridgehead atoms. The van der Waals surface area contributed by atoms with E-state index in [0.717, 1.165) is 6.42 Å². The van der Waals surface area contributed by atoms with E-state index in [1.54, 1.807) is 0 Å². The van der Waals surface area contributed by atoms with Gasteiger partial charge in [0.2, 0.25) is 11.8 Å². The van der Waals surface area contributed by atoms with Crippen LogP contribution in [-0.4, -0.2) is 11.8 Å². The second-order valence-corrected chi connectivity index (χ2v) is 4.55. The van der Waals surface area contributed by atoms with E-state index in [1.165, 1.54) is 11.1 Å². The summed E-state index contributed by atoms with van der Waals surface area (Å²) >= 11 is 0. The predicted octanol–water partition coefficient (Wildman–Crippen LogP) is 2.28. The third-order valence-electron chi connectivity index (χ3n) is 3.24. The highest BCUT2D eigenvalue weighted by Crippen LogP contribution is 2.32. The molecule has 2 aliphatic carbocycles. The zero-order valence-corrected chi connectivity index (χ0v) is 10.2. The van der Waals surface area contributed by atoms with Gasteiger partial charge in [0.15, 0.2) is 0 Å². The van der Waals surface area contributed by atoms with Crippen LogP contribution in [0.25, 0.3) is 11.1 Å². The molecular formula is C13H18N2O2. The lowest BCUT2D eigenvalue weighted by atomic mass is 9.86. The van der Waals surface area contributed by atoms with Gasteiger partial charge < -0.3 is 6.15 Å². The number of carbonyl (C=O) groups excluding carboxylic acids is 2. The lowest BCUT2D eigenvalue weighted by Crippen LogP contribution is -2.28. The first-order valence-electron chi connectivity index (χ1n) is 5.50. The van der Waals surface area contributed by atoms with Crippen molar-refractivity contribution in [1.29, 1.82) is 0 Å². The van der Waals surface area contributed by atoms with Gasteiger partial charge in [-0.3, -0.25) is 14.9 Å². The van der Waals surface area contributed by atoms with E-state index < -0.39 is 5.41 Å². The molecule has 2 amide bonds. The smallest absolute Gasteiger partial charge is 0.232 e. The molecule has 92 valence electrons. The molecule has 0 radical (unpaired) electrons. The molecule has 0 aromatic rings. The second-order valence-electron chi connectivity index (χ2n) is 4.55. The first kappa shape index (κ1) is 13.4. The van der Waals surface area contributed by atoms with Gasteiger partial charge in [-0.2, -0.15) is 0 Å². The van der Waals surface area contributed by atoms with Crippen LogP contribution in [0.2, 0.25) is 0 Å². The Morgan fingerprint density at radius 3 is 2.06 bits per heavy atom. The molecule has 4 nitrogen and oxygen atoms in total. The van der Waals surface area contributed by atoms with Gasteiger partial charge in [0.1, 0.15) is 0 Å². The number of benzene rings is 1. The number of nitrogens with one attached hydrogen (secondary N) is 1. The number of fused-ring (bicyclic) bond motifs is 1. The van der Waals surface area contributed by atoms with Gasteiger partial charge in [-0.1, -0.05) is 32.0 Å². The van der Waals surface area contributed by atoms with Crippen molar-refractivity contribution in [3.8, 4) is 11.1 Å². The van der Waals surface area contributed by atoms with Gasteiger partial charge in [0.25, 0.3) is 0 Å². The monoisotopic (exact) mass is 234 g/mol. The maximum Gasteiger partial charge on any atom is 0.232 e. The number of imide groups is 1. The molecule has 0 spiro atoms. The van der Waals surface area contributed by atoms with Crippen molar-refractivity contribution < 1.29 is 9.59 Å². The van der Waals surface area contributed by atoms with Crippen LogP contribution in [0.15, 0.2) is 24.3 Å². The fourth-order valence-corrected chi connectivity index (χ4v) is 1.72. The lowest BCUT2D eigenvalue weighted by molar-refractivity contribution is -0.128. The quantitative estimate of drug-likeness (QED) is 0.743. The van der Waals surface area contributed by atoms with Crippen LogP contribution in [0.5, 0.6) is 0 Å². The van der Waals surface area contributed by atoms with Gasteiger partial charge in [-0.25, -0.2) is 0 Å². The Morgan fingerprint density at radius 1 is 1.29 bits per heavy atom. The molecule has 1 fully saturated rings. The van der Waals surface area contributed by atoms with Crippen molar-refractivity contribution in [2.75, 3.05) is 0 Å². The average molecular weight is 234 g/mol. The van der Waals surface area contributed by atoms with Crippen molar-refractivity contribution in [1.82, 2.24) is 11.5 Å². The van der Waals surface area contributed by atoms with E-state index in [4.69, 9.17) is 0 Å². The Labute approximate surface area is 101 Å². The molecule has 0 saturated carbocycles. The summed E-state index contributed by atoms with van der Waals surface area (Å²) in [7, 11) is 0. The number of carbonyl (C=O) groups is 2. The summed E-state index contributed by atoms with van der Waals surface area (Å²) in [6, 6.07) is 8.48. The summed E-state index contributed by atoms with van der Waals surface area (Å²) < 4.78 is 0. The molecule has 0 aromatic carbocycles. The number of hydrogen-bond donors (Lipinski definition) is 2. The minimum absolute atomic E-state index is 0. The molecule has 3 aliphatic rings. The molecule has 17 heavy (non-hydrogen) atoms. The Hall–Kier alpha value is -1.68. The highest BCUT2D eigenvalue weighted by molar-refractivity contribution is 6.05. The third kappa shape index (κ3) is 2.71. The Kier molecular flexibility index (Phi) is 3.68. The standard InChI is InChI=1S/C7H11NO2.C6H4.H3N/c1-3-7(2)4-5(9)8-6(7)10;1-2-5-4-6(5)3-1;/h3-4H2,1-2H3,(H,8,9,10);1-4H;1H3. The van der Waals surface area contributed by atoms with Crippen molar-refractivity contribution in [2.45, 2.75) is 26.7 Å². The number of hydrogen-bond acceptors (Lipinski definition) is 3. The molecule has 1 atom stereocenters. The zero-order valence-electron chi connectivity index (χ0n) is 10.2. The Morgan fingerprint density at radius 2 is 1.88 bits per heavy atom. The minimum atomic E-state index is -0.433. The van der Waals surface area contributed by atoms with Crippen LogP contribution >= 0.6 is 0 Å². The summed E-state index contributed by atoms with van der Waals surface area (Å²) in [5, 5.41) is 2.28. The molecule has 1 heterocycles. The highest BCUT2D eigenvalue weighted by atomic mass is 16.2. The normalized spacial score (nSPS) is 23.2. The highest BCUT2D eigenvalue weighted by Gasteiger charge is 2.40. The van der Waals surface area contributed by atoms with E-state index in [0.29, 0.717) is 6.42 Å². The third-order valence-corrected chi connectivity index (χ3v) is 3.24. The van der Waals surface area contributed by atoms with Crippen molar-refractivity contribution in [2.24, 2.45) is 5.41 Å². The molecule has 0 aromatic heterocycles. The second kappa shape index (κ2) is 4.67. The maximum absolute atomic E-state index is 11.0. The summed E-state index contributed by atoms with van der Waals surface area (Å²) in [6.45, 7) is 3.73. The fraction of sp³-hybridized carbons (Fsp3) is 0.385. The fourth-order valence-electron chi connectivity index (χ4n) is 1.72. The van der Waals surface area contributed by atoms with Crippen molar-refractivity contribution in [3.05, 3.63) is 24.3 Å². The van der Waals surface area contributed by atoms with Gasteiger partial charge >= 0.3 is 0 Å². The topological polar surface area (TPSA) is 81.2 Å². The lowest BCUT2D eigenvalue weighted by Gasteiger charge is -2.14. The molecule has 1 saturated heterocycles. The molecule has 4 heteroatoms. The zero-order chi connectivity index (χ0) is 11.8. The van der Waals surface area contributed by atoms with E-state index >= 15 is 0 Å². The van der Waals surface area contributed by atoms with Gasteiger partial charge in [-0.05, 0) is 23.6 Å². The van der Waals surface area contributed by atoms with Crippen LogP contribution in [0, 0.1) is 5.41 Å². The summed E-state index contributed by atoms with van der Waals surface area (Å²) in [4.78, 5) is 21.7. The van der Waals surface area contributed by atoms with Crippen LogP contribution in [0.4, 0.5) is 0 Å². The van der Waals surface area contributed by atoms with E-state index in [2.05, 4.69) is 29.6 Å². The van der Waals surface area contributed by atoms with Crippen molar-refractivity contribution in [3.63, 3.8) is 0 Å².